The summed E-state index contributed by atoms with van der Waals surface area (Å²) >= 11 is 1.46. The molecule has 1 aliphatic heterocycles. The highest BCUT2D eigenvalue weighted by molar-refractivity contribution is 8.00. The lowest BCUT2D eigenvalue weighted by atomic mass is 9.86. The zero-order chi connectivity index (χ0) is 15.8. The van der Waals surface area contributed by atoms with Crippen LogP contribution in [0.1, 0.15) is 44.2 Å². The van der Waals surface area contributed by atoms with E-state index >= 15 is 0 Å². The summed E-state index contributed by atoms with van der Waals surface area (Å²) in [7, 11) is 0. The molecule has 1 heterocycles. The molecule has 2 atom stereocenters. The molecule has 4 nitrogen and oxygen atoms in total. The van der Waals surface area contributed by atoms with Crippen LogP contribution in [0.5, 0.6) is 0 Å². The molecule has 114 valence electrons. The highest BCUT2D eigenvalue weighted by Gasteiger charge is 2.36. The van der Waals surface area contributed by atoms with E-state index in [1.54, 1.807) is 0 Å². The van der Waals surface area contributed by atoms with Crippen molar-refractivity contribution in [3.05, 3.63) is 35.4 Å². The average Bonchev–Trinajstić information content (AvgIpc) is 2.78. The summed E-state index contributed by atoms with van der Waals surface area (Å²) < 4.78 is 0. The Labute approximate surface area is 129 Å². The molecule has 5 heteroatoms. The minimum Gasteiger partial charge on any atom is -0.548 e. The van der Waals surface area contributed by atoms with Gasteiger partial charge in [-0.15, -0.1) is 11.8 Å². The second-order valence-corrected chi connectivity index (χ2v) is 7.40. The molecule has 2 rings (SSSR count). The van der Waals surface area contributed by atoms with Crippen LogP contribution in [0.25, 0.3) is 0 Å². The van der Waals surface area contributed by atoms with E-state index in [0.717, 1.165) is 5.56 Å². The number of carbonyl (C=O) groups is 2. The number of hydrogen-bond acceptors (Lipinski definition) is 4. The van der Waals surface area contributed by atoms with E-state index in [9.17, 15) is 14.7 Å². The minimum absolute atomic E-state index is 0.0646. The molecule has 1 fully saturated rings. The van der Waals surface area contributed by atoms with Crippen LogP contribution in [0.15, 0.2) is 24.3 Å². The number of nitrogens with zero attached hydrogens (tertiary/aromatic N) is 1. The lowest BCUT2D eigenvalue weighted by Crippen LogP contribution is -2.47. The molecular formula is C16H20NO3S-. The van der Waals surface area contributed by atoms with Gasteiger partial charge in [-0.1, -0.05) is 45.0 Å². The Kier molecular flexibility index (Phi) is 4.33. The van der Waals surface area contributed by atoms with Gasteiger partial charge in [-0.05, 0) is 23.5 Å². The Bertz CT molecular complexity index is 548. The number of rotatable bonds is 3. The summed E-state index contributed by atoms with van der Waals surface area (Å²) in [4.78, 5) is 24.4. The van der Waals surface area contributed by atoms with Crippen molar-refractivity contribution in [2.45, 2.75) is 44.5 Å². The van der Waals surface area contributed by atoms with E-state index in [-0.39, 0.29) is 16.7 Å². The van der Waals surface area contributed by atoms with Crippen LogP contribution >= 0.6 is 11.8 Å². The topological polar surface area (TPSA) is 60.4 Å². The summed E-state index contributed by atoms with van der Waals surface area (Å²) in [5.74, 6) is -1.06. The van der Waals surface area contributed by atoms with Crippen molar-refractivity contribution >= 4 is 23.6 Å². The quantitative estimate of drug-likeness (QED) is 0.853. The molecular weight excluding hydrogens is 286 g/mol. The van der Waals surface area contributed by atoms with Gasteiger partial charge >= 0.3 is 0 Å². The Morgan fingerprint density at radius 3 is 2.38 bits per heavy atom. The first kappa shape index (κ1) is 15.9. The summed E-state index contributed by atoms with van der Waals surface area (Å²) in [5.41, 5.74) is 2.22. The van der Waals surface area contributed by atoms with E-state index < -0.39 is 12.0 Å². The lowest BCUT2D eigenvalue weighted by Gasteiger charge is -2.31. The predicted octanol–water partition coefficient (Wildman–Crippen LogP) is 1.70. The Morgan fingerprint density at radius 2 is 1.90 bits per heavy atom. The number of thioether (sulfide) groups is 1. The largest absolute Gasteiger partial charge is 0.548 e. The Hall–Kier alpha value is -1.49. The molecule has 0 saturated carbocycles. The summed E-state index contributed by atoms with van der Waals surface area (Å²) in [6.07, 6.45) is 0. The second kappa shape index (κ2) is 5.72. The molecule has 0 N–H and O–H groups in total. The van der Waals surface area contributed by atoms with E-state index in [1.807, 2.05) is 24.3 Å². The molecule has 0 bridgehead atoms. The van der Waals surface area contributed by atoms with Crippen LogP contribution in [0, 0.1) is 0 Å². The van der Waals surface area contributed by atoms with Crippen molar-refractivity contribution in [2.75, 3.05) is 5.75 Å². The van der Waals surface area contributed by atoms with Gasteiger partial charge in [-0.3, -0.25) is 4.79 Å². The van der Waals surface area contributed by atoms with Crippen molar-refractivity contribution < 1.29 is 14.7 Å². The lowest BCUT2D eigenvalue weighted by molar-refractivity contribution is -0.310. The number of amides is 1. The number of hydrogen-bond donors (Lipinski definition) is 0. The highest BCUT2D eigenvalue weighted by atomic mass is 32.2. The SMILES string of the molecule is C[C@@H](C(=O)[O-])N1C(=O)CS[C@H]1c1ccc(C(C)(C)C)cc1. The second-order valence-electron chi connectivity index (χ2n) is 6.33. The number of aliphatic carboxylic acids is 1. The van der Waals surface area contributed by atoms with Crippen LogP contribution in [0.3, 0.4) is 0 Å². The molecule has 0 unspecified atom stereocenters. The third-order valence-electron chi connectivity index (χ3n) is 3.73. The zero-order valence-electron chi connectivity index (χ0n) is 12.8. The van der Waals surface area contributed by atoms with Crippen LogP contribution < -0.4 is 5.11 Å². The highest BCUT2D eigenvalue weighted by Crippen LogP contribution is 2.40. The third kappa shape index (κ3) is 3.23. The van der Waals surface area contributed by atoms with Crippen LogP contribution in [-0.2, 0) is 15.0 Å². The fourth-order valence-electron chi connectivity index (χ4n) is 2.37. The average molecular weight is 306 g/mol. The van der Waals surface area contributed by atoms with E-state index in [1.165, 1.54) is 29.1 Å². The maximum Gasteiger partial charge on any atom is 0.234 e. The fraction of sp³-hybridized carbons (Fsp3) is 0.500. The van der Waals surface area contributed by atoms with E-state index in [2.05, 4.69) is 20.8 Å². The zero-order valence-corrected chi connectivity index (χ0v) is 13.6. The Balaban J connectivity index is 2.28. The summed E-state index contributed by atoms with van der Waals surface area (Å²) in [6.45, 7) is 7.91. The van der Waals surface area contributed by atoms with Gasteiger partial charge in [0.1, 0.15) is 5.37 Å². The van der Waals surface area contributed by atoms with Gasteiger partial charge in [-0.2, -0.15) is 0 Å². The number of carboxylic acids is 1. The van der Waals surface area contributed by atoms with Crippen molar-refractivity contribution in [3.8, 4) is 0 Å². The molecule has 1 aromatic carbocycles. The Morgan fingerprint density at radius 1 is 1.33 bits per heavy atom. The third-order valence-corrected chi connectivity index (χ3v) is 4.95. The standard InChI is InChI=1S/C16H21NO3S/c1-10(15(19)20)17-13(18)9-21-14(17)11-5-7-12(8-6-11)16(2,3)4/h5-8,10,14H,9H2,1-4H3,(H,19,20)/p-1/t10-,14-/m0/s1. The van der Waals surface area contributed by atoms with Crippen LogP contribution in [-0.4, -0.2) is 28.6 Å². The maximum absolute atomic E-state index is 11.9. The van der Waals surface area contributed by atoms with E-state index in [0.29, 0.717) is 5.75 Å². The first-order valence-corrected chi connectivity index (χ1v) is 8.01. The van der Waals surface area contributed by atoms with Gasteiger partial charge in [0.2, 0.25) is 5.91 Å². The van der Waals surface area contributed by atoms with Crippen molar-refractivity contribution in [1.29, 1.82) is 0 Å². The normalized spacial score (nSPS) is 20.7. The van der Waals surface area contributed by atoms with Crippen molar-refractivity contribution in [1.82, 2.24) is 4.90 Å². The van der Waals surface area contributed by atoms with Gasteiger partial charge in [0.25, 0.3) is 0 Å². The monoisotopic (exact) mass is 306 g/mol. The number of benzene rings is 1. The predicted molar refractivity (Wildman–Crippen MR) is 81.7 cm³/mol. The fourth-order valence-corrected chi connectivity index (χ4v) is 3.63. The summed E-state index contributed by atoms with van der Waals surface area (Å²) in [6, 6.07) is 7.12. The minimum atomic E-state index is -1.22. The van der Waals surface area contributed by atoms with Crippen molar-refractivity contribution in [2.24, 2.45) is 0 Å². The molecule has 1 aromatic rings. The van der Waals surface area contributed by atoms with E-state index in [4.69, 9.17) is 0 Å². The molecule has 1 aliphatic rings. The molecule has 21 heavy (non-hydrogen) atoms. The van der Waals surface area contributed by atoms with Crippen LogP contribution in [0.2, 0.25) is 0 Å². The molecule has 0 radical (unpaired) electrons. The van der Waals surface area contributed by atoms with Gasteiger partial charge in [-0.25, -0.2) is 0 Å². The number of carboxylic acid groups (broad SMARTS) is 1. The molecule has 1 saturated heterocycles. The van der Waals surface area contributed by atoms with Gasteiger partial charge < -0.3 is 14.8 Å². The molecule has 0 spiro atoms. The van der Waals surface area contributed by atoms with Crippen LogP contribution in [0.4, 0.5) is 0 Å². The number of carbonyl (C=O) groups excluding carboxylic acids is 2. The smallest absolute Gasteiger partial charge is 0.234 e. The maximum atomic E-state index is 11.9. The van der Waals surface area contributed by atoms with Gasteiger partial charge in [0.05, 0.1) is 17.8 Å². The molecule has 1 amide bonds. The molecule has 0 aliphatic carbocycles. The van der Waals surface area contributed by atoms with Gasteiger partial charge in [0.15, 0.2) is 0 Å². The van der Waals surface area contributed by atoms with Gasteiger partial charge in [0, 0.05) is 0 Å². The summed E-state index contributed by atoms with van der Waals surface area (Å²) in [5, 5.41) is 10.8. The molecule has 0 aromatic heterocycles. The van der Waals surface area contributed by atoms with Crippen molar-refractivity contribution in [3.63, 3.8) is 0 Å². The first-order valence-electron chi connectivity index (χ1n) is 6.96. The first-order chi connectivity index (χ1) is 9.71.